The molecule has 1 aromatic heterocycles. The maximum Gasteiger partial charge on any atom is 0.151 e. The highest BCUT2D eigenvalue weighted by atomic mass is 35.5. The van der Waals surface area contributed by atoms with Crippen molar-refractivity contribution in [2.24, 2.45) is 5.92 Å². The van der Waals surface area contributed by atoms with E-state index < -0.39 is 0 Å². The second kappa shape index (κ2) is 5.84. The first-order valence-electron chi connectivity index (χ1n) is 7.46. The Bertz CT molecular complexity index is 439. The van der Waals surface area contributed by atoms with Crippen molar-refractivity contribution in [3.05, 3.63) is 22.5 Å². The molecule has 0 unspecified atom stereocenters. The van der Waals surface area contributed by atoms with Crippen LogP contribution in [0, 0.1) is 11.1 Å². The second-order valence-corrected chi connectivity index (χ2v) is 6.43. The van der Waals surface area contributed by atoms with Crippen LogP contribution in [0.5, 0.6) is 0 Å². The number of rotatable bonds is 3. The summed E-state index contributed by atoms with van der Waals surface area (Å²) >= 11 is 5.76. The monoisotopic (exact) mass is 296 g/mol. The molecule has 1 aromatic rings. The predicted molar refractivity (Wildman–Crippen MR) is 79.4 cm³/mol. The van der Waals surface area contributed by atoms with E-state index in [0.717, 1.165) is 64.2 Å². The number of hydrogen-bond acceptors (Lipinski definition) is 4. The molecule has 0 spiro atoms. The van der Waals surface area contributed by atoms with Gasteiger partial charge in [-0.3, -0.25) is 0 Å². The van der Waals surface area contributed by atoms with Crippen LogP contribution in [0.15, 0.2) is 12.1 Å². The van der Waals surface area contributed by atoms with Crippen LogP contribution >= 0.6 is 11.6 Å². The van der Waals surface area contributed by atoms with Gasteiger partial charge in [0.15, 0.2) is 11.0 Å². The second-order valence-electron chi connectivity index (χ2n) is 6.04. The molecule has 6 heteroatoms. The Kier molecular flexibility index (Phi) is 4.10. The molecule has 20 heavy (non-hydrogen) atoms. The molecular formula is C14H21ClN4O. The lowest BCUT2D eigenvalue weighted by molar-refractivity contribution is -0.871. The normalized spacial score (nSPS) is 23.2. The van der Waals surface area contributed by atoms with Gasteiger partial charge in [-0.1, -0.05) is 11.6 Å². The lowest BCUT2D eigenvalue weighted by Crippen LogP contribution is -2.46. The topological polar surface area (TPSA) is 52.1 Å². The van der Waals surface area contributed by atoms with Crippen LogP contribution in [0.1, 0.15) is 25.7 Å². The van der Waals surface area contributed by atoms with E-state index in [1.165, 1.54) is 0 Å². The van der Waals surface area contributed by atoms with E-state index in [9.17, 15) is 5.21 Å². The van der Waals surface area contributed by atoms with E-state index in [0.29, 0.717) is 11.1 Å². The van der Waals surface area contributed by atoms with E-state index in [-0.39, 0.29) is 4.65 Å². The Morgan fingerprint density at radius 2 is 1.90 bits per heavy atom. The van der Waals surface area contributed by atoms with Gasteiger partial charge in [0, 0.05) is 31.8 Å². The van der Waals surface area contributed by atoms with Gasteiger partial charge < -0.3 is 14.8 Å². The summed E-state index contributed by atoms with van der Waals surface area (Å²) in [4.78, 5) is 2.24. The van der Waals surface area contributed by atoms with Gasteiger partial charge in [0.25, 0.3) is 0 Å². The number of aromatic nitrogens is 2. The minimum absolute atomic E-state index is 0.0470. The van der Waals surface area contributed by atoms with Gasteiger partial charge >= 0.3 is 0 Å². The number of piperidine rings is 1. The standard InChI is InChI=1S/C14H21ClN4O/c15-13-3-4-14(17-16-13)18-7-5-12(6-8-18)11-19(20)9-1-2-10-19/h3-4,12H,1-2,5-11H2. The number of hydroxylamine groups is 3. The molecule has 3 heterocycles. The third-order valence-electron chi connectivity index (χ3n) is 4.53. The largest absolute Gasteiger partial charge is 0.633 e. The van der Waals surface area contributed by atoms with Crippen molar-refractivity contribution < 1.29 is 4.65 Å². The quantitative estimate of drug-likeness (QED) is 0.635. The van der Waals surface area contributed by atoms with Crippen molar-refractivity contribution in [1.29, 1.82) is 0 Å². The fourth-order valence-electron chi connectivity index (χ4n) is 3.39. The molecule has 110 valence electrons. The SMILES string of the molecule is [O-][N+]1(CC2CCN(c3ccc(Cl)nn3)CC2)CCCC1. The van der Waals surface area contributed by atoms with Crippen molar-refractivity contribution >= 4 is 17.4 Å². The van der Waals surface area contributed by atoms with Gasteiger partial charge in [0.2, 0.25) is 0 Å². The van der Waals surface area contributed by atoms with Gasteiger partial charge in [-0.15, -0.1) is 10.2 Å². The van der Waals surface area contributed by atoms with Gasteiger partial charge in [-0.2, -0.15) is 0 Å². The van der Waals surface area contributed by atoms with Gasteiger partial charge in [0.1, 0.15) is 0 Å². The van der Waals surface area contributed by atoms with Crippen LogP contribution < -0.4 is 4.90 Å². The lowest BCUT2D eigenvalue weighted by Gasteiger charge is -2.43. The highest BCUT2D eigenvalue weighted by molar-refractivity contribution is 6.29. The van der Waals surface area contributed by atoms with Crippen molar-refractivity contribution in [3.63, 3.8) is 0 Å². The average molecular weight is 297 g/mol. The van der Waals surface area contributed by atoms with E-state index in [1.54, 1.807) is 6.07 Å². The van der Waals surface area contributed by atoms with E-state index in [2.05, 4.69) is 15.1 Å². The molecule has 0 aliphatic carbocycles. The summed E-state index contributed by atoms with van der Waals surface area (Å²) in [6.07, 6.45) is 4.35. The molecule has 3 rings (SSSR count). The summed E-state index contributed by atoms with van der Waals surface area (Å²) in [5.41, 5.74) is 0. The van der Waals surface area contributed by atoms with E-state index in [1.807, 2.05) is 6.07 Å². The van der Waals surface area contributed by atoms with Crippen LogP contribution in [0.2, 0.25) is 5.15 Å². The third-order valence-corrected chi connectivity index (χ3v) is 4.73. The first-order chi connectivity index (χ1) is 9.65. The molecular weight excluding hydrogens is 276 g/mol. The van der Waals surface area contributed by atoms with Gasteiger partial charge in [0.05, 0.1) is 19.6 Å². The molecule has 2 aliphatic rings. The summed E-state index contributed by atoms with van der Waals surface area (Å²) in [6.45, 7) is 4.37. The van der Waals surface area contributed by atoms with Crippen LogP contribution in [0.4, 0.5) is 5.82 Å². The van der Waals surface area contributed by atoms with Crippen molar-refractivity contribution in [3.8, 4) is 0 Å². The predicted octanol–water partition coefficient (Wildman–Crippen LogP) is 2.45. The van der Waals surface area contributed by atoms with Crippen LogP contribution in [-0.2, 0) is 0 Å². The summed E-state index contributed by atoms with van der Waals surface area (Å²) in [6, 6.07) is 3.69. The van der Waals surface area contributed by atoms with Crippen molar-refractivity contribution in [2.75, 3.05) is 37.6 Å². The van der Waals surface area contributed by atoms with Gasteiger partial charge in [-0.05, 0) is 25.0 Å². The molecule has 2 saturated heterocycles. The molecule has 0 N–H and O–H groups in total. The molecule has 0 saturated carbocycles. The summed E-state index contributed by atoms with van der Waals surface area (Å²) in [5.74, 6) is 1.45. The first kappa shape index (κ1) is 14.0. The Morgan fingerprint density at radius 3 is 2.50 bits per heavy atom. The zero-order chi connectivity index (χ0) is 14.0. The zero-order valence-electron chi connectivity index (χ0n) is 11.7. The minimum atomic E-state index is 0.0470. The molecule has 0 bridgehead atoms. The number of likely N-dealkylation sites (tertiary alicyclic amines) is 1. The smallest absolute Gasteiger partial charge is 0.151 e. The Labute approximate surface area is 124 Å². The minimum Gasteiger partial charge on any atom is -0.633 e. The summed E-state index contributed by atoms with van der Waals surface area (Å²) in [7, 11) is 0. The Morgan fingerprint density at radius 1 is 1.20 bits per heavy atom. The fourth-order valence-corrected chi connectivity index (χ4v) is 3.49. The molecule has 2 aliphatic heterocycles. The van der Waals surface area contributed by atoms with E-state index >= 15 is 0 Å². The summed E-state index contributed by atoms with van der Waals surface area (Å²) < 4.78 is 0.0470. The fraction of sp³-hybridized carbons (Fsp3) is 0.714. The van der Waals surface area contributed by atoms with Crippen LogP contribution in [0.3, 0.4) is 0 Å². The number of halogens is 1. The average Bonchev–Trinajstić information content (AvgIpc) is 2.87. The Balaban J connectivity index is 1.53. The Hall–Kier alpha value is -0.910. The molecule has 0 aromatic carbocycles. The molecule has 2 fully saturated rings. The maximum atomic E-state index is 12.4. The third kappa shape index (κ3) is 3.22. The zero-order valence-corrected chi connectivity index (χ0v) is 12.4. The maximum absolute atomic E-state index is 12.4. The van der Waals surface area contributed by atoms with E-state index in [4.69, 9.17) is 11.6 Å². The lowest BCUT2D eigenvalue weighted by atomic mass is 9.96. The van der Waals surface area contributed by atoms with Gasteiger partial charge in [-0.25, -0.2) is 0 Å². The van der Waals surface area contributed by atoms with Crippen LogP contribution in [-0.4, -0.2) is 47.6 Å². The first-order valence-corrected chi connectivity index (χ1v) is 7.84. The molecule has 5 nitrogen and oxygen atoms in total. The highest BCUT2D eigenvalue weighted by Crippen LogP contribution is 2.27. The molecule has 0 amide bonds. The molecule has 0 atom stereocenters. The highest BCUT2D eigenvalue weighted by Gasteiger charge is 2.29. The number of quaternary nitrogens is 1. The number of nitrogens with zero attached hydrogens (tertiary/aromatic N) is 4. The van der Waals surface area contributed by atoms with Crippen molar-refractivity contribution in [2.45, 2.75) is 25.7 Å². The number of anilines is 1. The van der Waals surface area contributed by atoms with Crippen molar-refractivity contribution in [1.82, 2.24) is 10.2 Å². The summed E-state index contributed by atoms with van der Waals surface area (Å²) in [5, 5.41) is 20.9. The van der Waals surface area contributed by atoms with Crippen LogP contribution in [0.25, 0.3) is 0 Å². The molecule has 0 radical (unpaired) electrons. The number of hydrogen-bond donors (Lipinski definition) is 0.